The molecule has 0 amide bonds. The van der Waals surface area contributed by atoms with Gasteiger partial charge < -0.3 is 0 Å². The van der Waals surface area contributed by atoms with Gasteiger partial charge in [0, 0.05) is 5.38 Å². The first-order valence-corrected chi connectivity index (χ1v) is 8.44. The summed E-state index contributed by atoms with van der Waals surface area (Å²) in [6.45, 7) is 0. The van der Waals surface area contributed by atoms with E-state index in [-0.39, 0.29) is 0 Å². The van der Waals surface area contributed by atoms with Crippen LogP contribution in [0, 0.1) is 17.8 Å². The molecule has 0 N–H and O–H groups in total. The molecule has 2 saturated carbocycles. The van der Waals surface area contributed by atoms with Crippen LogP contribution in [0.5, 0.6) is 0 Å². The van der Waals surface area contributed by atoms with Gasteiger partial charge in [0.15, 0.2) is 0 Å². The third-order valence-corrected chi connectivity index (χ3v) is 5.88. The summed E-state index contributed by atoms with van der Waals surface area (Å²) >= 11 is 6.73. The van der Waals surface area contributed by atoms with Crippen molar-refractivity contribution in [3.63, 3.8) is 0 Å². The van der Waals surface area contributed by atoms with E-state index in [9.17, 15) is 0 Å². The summed E-state index contributed by atoms with van der Waals surface area (Å²) in [7, 11) is 0. The zero-order valence-corrected chi connectivity index (χ0v) is 12.5. The highest BCUT2D eigenvalue weighted by molar-refractivity contribution is 6.20. The SMILES string of the molecule is ClC(Cc1ccccc1)C1CCC2CCCCC2C1. The first kappa shape index (κ1) is 13.5. The highest BCUT2D eigenvalue weighted by Gasteiger charge is 2.34. The molecule has 2 aliphatic rings. The highest BCUT2D eigenvalue weighted by atomic mass is 35.5. The fraction of sp³-hybridized carbons (Fsp3) is 0.667. The van der Waals surface area contributed by atoms with Crippen molar-refractivity contribution in [2.75, 3.05) is 0 Å². The summed E-state index contributed by atoms with van der Waals surface area (Å²) in [5, 5.41) is 0.338. The minimum absolute atomic E-state index is 0.338. The molecule has 2 aliphatic carbocycles. The molecule has 0 saturated heterocycles. The zero-order chi connectivity index (χ0) is 13.1. The Hall–Kier alpha value is -0.490. The van der Waals surface area contributed by atoms with Crippen molar-refractivity contribution in [2.45, 2.75) is 56.7 Å². The molecular weight excluding hydrogens is 252 g/mol. The normalized spacial score (nSPS) is 32.6. The Bertz CT molecular complexity index is 386. The third kappa shape index (κ3) is 3.34. The minimum atomic E-state index is 0.338. The van der Waals surface area contributed by atoms with E-state index in [0.717, 1.165) is 24.2 Å². The van der Waals surface area contributed by atoms with Crippen molar-refractivity contribution in [1.82, 2.24) is 0 Å². The topological polar surface area (TPSA) is 0 Å². The summed E-state index contributed by atoms with van der Waals surface area (Å²) in [5.74, 6) is 2.77. The average molecular weight is 277 g/mol. The molecule has 0 bridgehead atoms. The van der Waals surface area contributed by atoms with E-state index in [1.54, 1.807) is 0 Å². The van der Waals surface area contributed by atoms with Crippen molar-refractivity contribution < 1.29 is 0 Å². The van der Waals surface area contributed by atoms with Crippen LogP contribution in [0.2, 0.25) is 0 Å². The van der Waals surface area contributed by atoms with Crippen LogP contribution in [-0.2, 0) is 6.42 Å². The van der Waals surface area contributed by atoms with Crippen LogP contribution in [-0.4, -0.2) is 5.38 Å². The lowest BCUT2D eigenvalue weighted by Gasteiger charge is -2.40. The van der Waals surface area contributed by atoms with Crippen LogP contribution in [0.4, 0.5) is 0 Å². The molecule has 19 heavy (non-hydrogen) atoms. The predicted octanol–water partition coefficient (Wildman–Crippen LogP) is 5.44. The van der Waals surface area contributed by atoms with Gasteiger partial charge in [0.1, 0.15) is 0 Å². The molecule has 4 atom stereocenters. The predicted molar refractivity (Wildman–Crippen MR) is 82.6 cm³/mol. The Kier molecular flexibility index (Phi) is 4.48. The largest absolute Gasteiger partial charge is 0.122 e. The molecular formula is C18H25Cl. The number of fused-ring (bicyclic) bond motifs is 1. The van der Waals surface area contributed by atoms with Gasteiger partial charge in [-0.1, -0.05) is 56.0 Å². The first-order valence-electron chi connectivity index (χ1n) is 8.01. The quantitative estimate of drug-likeness (QED) is 0.645. The van der Waals surface area contributed by atoms with Crippen LogP contribution in [0.1, 0.15) is 50.5 Å². The van der Waals surface area contributed by atoms with Gasteiger partial charge in [-0.05, 0) is 49.0 Å². The maximum atomic E-state index is 6.73. The summed E-state index contributed by atoms with van der Waals surface area (Å²) in [5.41, 5.74) is 1.40. The lowest BCUT2D eigenvalue weighted by atomic mass is 9.66. The van der Waals surface area contributed by atoms with Crippen LogP contribution < -0.4 is 0 Å². The fourth-order valence-corrected chi connectivity index (χ4v) is 4.65. The van der Waals surface area contributed by atoms with E-state index in [4.69, 9.17) is 11.6 Å². The summed E-state index contributed by atoms with van der Waals surface area (Å²) in [4.78, 5) is 0. The highest BCUT2D eigenvalue weighted by Crippen LogP contribution is 2.44. The van der Waals surface area contributed by atoms with Crippen LogP contribution in [0.15, 0.2) is 30.3 Å². The Labute approximate surface area is 122 Å². The zero-order valence-electron chi connectivity index (χ0n) is 11.7. The van der Waals surface area contributed by atoms with Crippen molar-refractivity contribution in [2.24, 2.45) is 17.8 Å². The molecule has 4 unspecified atom stereocenters. The monoisotopic (exact) mass is 276 g/mol. The molecule has 0 nitrogen and oxygen atoms in total. The molecule has 1 heteroatoms. The summed E-state index contributed by atoms with van der Waals surface area (Å²) < 4.78 is 0. The minimum Gasteiger partial charge on any atom is -0.122 e. The number of benzene rings is 1. The van der Waals surface area contributed by atoms with Gasteiger partial charge in [-0.2, -0.15) is 0 Å². The lowest BCUT2D eigenvalue weighted by molar-refractivity contribution is 0.127. The van der Waals surface area contributed by atoms with Crippen molar-refractivity contribution in [1.29, 1.82) is 0 Å². The number of halogens is 1. The maximum Gasteiger partial charge on any atom is 0.0404 e. The van der Waals surface area contributed by atoms with Crippen LogP contribution >= 0.6 is 11.6 Å². The maximum absolute atomic E-state index is 6.73. The Morgan fingerprint density at radius 1 is 0.947 bits per heavy atom. The average Bonchev–Trinajstić information content (AvgIpc) is 2.48. The molecule has 1 aromatic rings. The smallest absolute Gasteiger partial charge is 0.0404 e. The molecule has 0 aliphatic heterocycles. The van der Waals surface area contributed by atoms with E-state index in [2.05, 4.69) is 30.3 Å². The molecule has 0 spiro atoms. The second kappa shape index (κ2) is 6.31. The number of hydrogen-bond donors (Lipinski definition) is 0. The van der Waals surface area contributed by atoms with E-state index in [1.165, 1.54) is 50.5 Å². The standard InChI is InChI=1S/C18H25Cl/c19-18(12-14-6-2-1-3-7-14)17-11-10-15-8-4-5-9-16(15)13-17/h1-3,6-7,15-18H,4-5,8-13H2. The molecule has 0 aromatic heterocycles. The Morgan fingerprint density at radius 2 is 1.68 bits per heavy atom. The number of rotatable bonds is 3. The van der Waals surface area contributed by atoms with E-state index < -0.39 is 0 Å². The van der Waals surface area contributed by atoms with Gasteiger partial charge in [0.2, 0.25) is 0 Å². The molecule has 0 heterocycles. The van der Waals surface area contributed by atoms with Crippen molar-refractivity contribution in [3.8, 4) is 0 Å². The first-order chi connectivity index (χ1) is 9.33. The van der Waals surface area contributed by atoms with Crippen molar-refractivity contribution >= 4 is 11.6 Å². The van der Waals surface area contributed by atoms with Gasteiger partial charge in [-0.3, -0.25) is 0 Å². The van der Waals surface area contributed by atoms with Crippen molar-refractivity contribution in [3.05, 3.63) is 35.9 Å². The summed E-state index contributed by atoms with van der Waals surface area (Å²) in [6.07, 6.45) is 11.1. The van der Waals surface area contributed by atoms with Gasteiger partial charge in [-0.25, -0.2) is 0 Å². The summed E-state index contributed by atoms with van der Waals surface area (Å²) in [6, 6.07) is 10.7. The Morgan fingerprint density at radius 3 is 2.47 bits per heavy atom. The van der Waals surface area contributed by atoms with Gasteiger partial charge in [-0.15, -0.1) is 11.6 Å². The van der Waals surface area contributed by atoms with E-state index >= 15 is 0 Å². The van der Waals surface area contributed by atoms with Crippen LogP contribution in [0.25, 0.3) is 0 Å². The molecule has 1 aromatic carbocycles. The molecule has 104 valence electrons. The molecule has 0 radical (unpaired) electrons. The molecule has 3 rings (SSSR count). The van der Waals surface area contributed by atoms with Gasteiger partial charge in [0.05, 0.1) is 0 Å². The lowest BCUT2D eigenvalue weighted by Crippen LogP contribution is -2.32. The van der Waals surface area contributed by atoms with Gasteiger partial charge >= 0.3 is 0 Å². The Balaban J connectivity index is 1.57. The van der Waals surface area contributed by atoms with E-state index in [0.29, 0.717) is 5.38 Å². The van der Waals surface area contributed by atoms with E-state index in [1.807, 2.05) is 0 Å². The molecule has 2 fully saturated rings. The fourth-order valence-electron chi connectivity index (χ4n) is 4.24. The second-order valence-electron chi connectivity index (χ2n) is 6.58. The number of hydrogen-bond acceptors (Lipinski definition) is 0. The van der Waals surface area contributed by atoms with Crippen LogP contribution in [0.3, 0.4) is 0 Å². The third-order valence-electron chi connectivity index (χ3n) is 5.37. The number of alkyl halides is 1. The van der Waals surface area contributed by atoms with Gasteiger partial charge in [0.25, 0.3) is 0 Å². The second-order valence-corrected chi connectivity index (χ2v) is 7.14.